The molecule has 1 N–H and O–H groups in total. The van der Waals surface area contributed by atoms with Crippen LogP contribution in [-0.2, 0) is 23.1 Å². The Kier molecular flexibility index (Phi) is 6.90. The number of hydrogen-bond donors (Lipinski definition) is 1. The Bertz CT molecular complexity index is 531. The topological polar surface area (TPSA) is 54.3 Å². The predicted octanol–water partition coefficient (Wildman–Crippen LogP) is 2.43. The van der Waals surface area contributed by atoms with E-state index in [1.807, 2.05) is 18.4 Å². The lowest BCUT2D eigenvalue weighted by Crippen LogP contribution is -2.30. The lowest BCUT2D eigenvalue weighted by molar-refractivity contribution is 0.445. The molecule has 0 aliphatic carbocycles. The summed E-state index contributed by atoms with van der Waals surface area (Å²) in [6, 6.07) is 2.18. The highest BCUT2D eigenvalue weighted by Gasteiger charge is 2.24. The van der Waals surface area contributed by atoms with Crippen molar-refractivity contribution in [1.29, 1.82) is 0 Å². The molecule has 1 rings (SSSR count). The van der Waals surface area contributed by atoms with Crippen LogP contribution in [0.15, 0.2) is 17.2 Å². The third-order valence-electron chi connectivity index (χ3n) is 3.46. The first-order chi connectivity index (χ1) is 9.86. The molecule has 0 aromatic carbocycles. The van der Waals surface area contributed by atoms with Gasteiger partial charge in [-0.1, -0.05) is 34.6 Å². The Labute approximate surface area is 129 Å². The second kappa shape index (κ2) is 7.96. The Hall–Kier alpha value is -0.850. The van der Waals surface area contributed by atoms with Gasteiger partial charge in [-0.05, 0) is 12.5 Å². The molecule has 1 heterocycles. The molecule has 0 spiro atoms. The Morgan fingerprint density at radius 1 is 1.24 bits per heavy atom. The molecule has 0 atom stereocenters. The fourth-order valence-corrected chi connectivity index (χ4v) is 3.81. The first-order valence-corrected chi connectivity index (χ1v) is 9.23. The highest BCUT2D eigenvalue weighted by molar-refractivity contribution is 7.89. The Morgan fingerprint density at radius 3 is 2.33 bits per heavy atom. The summed E-state index contributed by atoms with van der Waals surface area (Å²) in [5.41, 5.74) is 1.02. The number of rotatable bonds is 9. The summed E-state index contributed by atoms with van der Waals surface area (Å²) in [5, 5.41) is 3.35. The van der Waals surface area contributed by atoms with Gasteiger partial charge in [0.15, 0.2) is 0 Å². The maximum Gasteiger partial charge on any atom is 0.244 e. The van der Waals surface area contributed by atoms with Gasteiger partial charge < -0.3 is 9.88 Å². The van der Waals surface area contributed by atoms with Crippen molar-refractivity contribution >= 4 is 10.0 Å². The zero-order valence-electron chi connectivity index (χ0n) is 13.9. The smallest absolute Gasteiger partial charge is 0.244 e. The van der Waals surface area contributed by atoms with Crippen LogP contribution in [0.3, 0.4) is 0 Å². The normalized spacial score (nSPS) is 12.5. The standard InChI is InChI=1S/C15H29N3O2S/c1-6-9-17-12-15(10-14(17)11-16-13(4)5)21(19,20)18(7-2)8-3/h10,12-13,16H,6-9,11H2,1-5H3. The van der Waals surface area contributed by atoms with E-state index in [9.17, 15) is 8.42 Å². The number of nitrogens with one attached hydrogen (secondary N) is 1. The number of hydrogen-bond acceptors (Lipinski definition) is 3. The van der Waals surface area contributed by atoms with E-state index in [1.165, 1.54) is 4.31 Å². The Morgan fingerprint density at radius 2 is 1.86 bits per heavy atom. The molecule has 0 fully saturated rings. The average Bonchev–Trinajstić information content (AvgIpc) is 2.82. The van der Waals surface area contributed by atoms with Crippen molar-refractivity contribution in [3.05, 3.63) is 18.0 Å². The molecular weight excluding hydrogens is 286 g/mol. The van der Waals surface area contributed by atoms with Crippen molar-refractivity contribution in [3.8, 4) is 0 Å². The van der Waals surface area contributed by atoms with Gasteiger partial charge in [-0.25, -0.2) is 8.42 Å². The lowest BCUT2D eigenvalue weighted by atomic mass is 10.3. The van der Waals surface area contributed by atoms with E-state index >= 15 is 0 Å². The molecule has 21 heavy (non-hydrogen) atoms. The molecule has 5 nitrogen and oxygen atoms in total. The average molecular weight is 315 g/mol. The zero-order valence-corrected chi connectivity index (χ0v) is 14.7. The summed E-state index contributed by atoms with van der Waals surface area (Å²) in [7, 11) is -3.38. The van der Waals surface area contributed by atoms with Gasteiger partial charge in [0.05, 0.1) is 0 Å². The third kappa shape index (κ3) is 4.56. The van der Waals surface area contributed by atoms with Crippen LogP contribution < -0.4 is 5.32 Å². The number of sulfonamides is 1. The minimum Gasteiger partial charge on any atom is -0.349 e. The largest absolute Gasteiger partial charge is 0.349 e. The van der Waals surface area contributed by atoms with Gasteiger partial charge in [0.25, 0.3) is 0 Å². The minimum absolute atomic E-state index is 0.373. The molecule has 0 aliphatic rings. The quantitative estimate of drug-likeness (QED) is 0.761. The predicted molar refractivity (Wildman–Crippen MR) is 86.8 cm³/mol. The summed E-state index contributed by atoms with van der Waals surface area (Å²) in [6.07, 6.45) is 2.75. The zero-order chi connectivity index (χ0) is 16.0. The summed E-state index contributed by atoms with van der Waals surface area (Å²) in [5.74, 6) is 0. The third-order valence-corrected chi connectivity index (χ3v) is 5.48. The summed E-state index contributed by atoms with van der Waals surface area (Å²) in [4.78, 5) is 0.403. The van der Waals surface area contributed by atoms with Crippen molar-refractivity contribution in [2.75, 3.05) is 13.1 Å². The molecule has 0 radical (unpaired) electrons. The molecule has 0 bridgehead atoms. The number of aromatic nitrogens is 1. The van der Waals surface area contributed by atoms with Crippen LogP contribution in [0, 0.1) is 0 Å². The molecular formula is C15H29N3O2S. The second-order valence-electron chi connectivity index (χ2n) is 5.49. The van der Waals surface area contributed by atoms with Crippen molar-refractivity contribution in [1.82, 2.24) is 14.2 Å². The van der Waals surface area contributed by atoms with E-state index in [4.69, 9.17) is 0 Å². The van der Waals surface area contributed by atoms with Gasteiger partial charge in [-0.3, -0.25) is 0 Å². The SMILES string of the molecule is CCCn1cc(S(=O)(=O)N(CC)CC)cc1CNC(C)C. The molecule has 122 valence electrons. The van der Waals surface area contributed by atoms with Gasteiger partial charge >= 0.3 is 0 Å². The van der Waals surface area contributed by atoms with Gasteiger partial charge in [-0.2, -0.15) is 4.31 Å². The molecule has 0 amide bonds. The van der Waals surface area contributed by atoms with Crippen LogP contribution in [0.1, 0.15) is 46.7 Å². The van der Waals surface area contributed by atoms with Crippen LogP contribution in [0.5, 0.6) is 0 Å². The van der Waals surface area contributed by atoms with Crippen molar-refractivity contribution in [3.63, 3.8) is 0 Å². The monoisotopic (exact) mass is 315 g/mol. The Balaban J connectivity index is 3.11. The summed E-state index contributed by atoms with van der Waals surface area (Å²) < 4.78 is 28.7. The fourth-order valence-electron chi connectivity index (χ4n) is 2.28. The second-order valence-corrected chi connectivity index (χ2v) is 7.42. The maximum absolute atomic E-state index is 12.6. The first kappa shape index (κ1) is 18.2. The minimum atomic E-state index is -3.38. The van der Waals surface area contributed by atoms with Crippen LogP contribution in [0.25, 0.3) is 0 Å². The van der Waals surface area contributed by atoms with Crippen molar-refractivity contribution in [2.24, 2.45) is 0 Å². The van der Waals surface area contributed by atoms with E-state index in [0.717, 1.165) is 18.7 Å². The molecule has 0 saturated carbocycles. The molecule has 0 aliphatic heterocycles. The first-order valence-electron chi connectivity index (χ1n) is 7.79. The molecule has 0 saturated heterocycles. The highest BCUT2D eigenvalue weighted by Crippen LogP contribution is 2.19. The van der Waals surface area contributed by atoms with Gasteiger partial charge in [0.1, 0.15) is 4.90 Å². The van der Waals surface area contributed by atoms with E-state index in [1.54, 1.807) is 12.3 Å². The summed E-state index contributed by atoms with van der Waals surface area (Å²) >= 11 is 0. The van der Waals surface area contributed by atoms with Crippen LogP contribution in [-0.4, -0.2) is 36.4 Å². The van der Waals surface area contributed by atoms with Crippen LogP contribution in [0.4, 0.5) is 0 Å². The lowest BCUT2D eigenvalue weighted by Gasteiger charge is -2.17. The van der Waals surface area contributed by atoms with Gasteiger partial charge in [-0.15, -0.1) is 0 Å². The molecule has 0 unspecified atom stereocenters. The van der Waals surface area contributed by atoms with E-state index < -0.39 is 10.0 Å². The van der Waals surface area contributed by atoms with Gasteiger partial charge in [0, 0.05) is 44.1 Å². The van der Waals surface area contributed by atoms with E-state index in [2.05, 4.69) is 26.1 Å². The molecule has 1 aromatic rings. The number of nitrogens with zero attached hydrogens (tertiary/aromatic N) is 2. The number of aryl methyl sites for hydroxylation is 1. The van der Waals surface area contributed by atoms with Crippen LogP contribution >= 0.6 is 0 Å². The maximum atomic E-state index is 12.6. The van der Waals surface area contributed by atoms with E-state index in [-0.39, 0.29) is 0 Å². The van der Waals surface area contributed by atoms with Crippen LogP contribution in [0.2, 0.25) is 0 Å². The highest BCUT2D eigenvalue weighted by atomic mass is 32.2. The molecule has 6 heteroatoms. The molecule has 1 aromatic heterocycles. The van der Waals surface area contributed by atoms with E-state index in [0.29, 0.717) is 30.6 Å². The van der Waals surface area contributed by atoms with Crippen molar-refractivity contribution in [2.45, 2.75) is 65.1 Å². The van der Waals surface area contributed by atoms with Gasteiger partial charge in [0.2, 0.25) is 10.0 Å². The van der Waals surface area contributed by atoms with Crippen molar-refractivity contribution < 1.29 is 8.42 Å². The summed E-state index contributed by atoms with van der Waals surface area (Å²) in [6.45, 7) is 12.5. The fraction of sp³-hybridized carbons (Fsp3) is 0.733.